The second-order valence-corrected chi connectivity index (χ2v) is 25.5. The highest BCUT2D eigenvalue weighted by Crippen LogP contribution is 2.39. The molecule has 2 atom stereocenters. The van der Waals surface area contributed by atoms with Gasteiger partial charge in [-0.1, -0.05) is 6.92 Å². The lowest BCUT2D eigenvalue weighted by Gasteiger charge is -2.30. The van der Waals surface area contributed by atoms with Crippen molar-refractivity contribution >= 4 is 95.5 Å². The van der Waals surface area contributed by atoms with Crippen molar-refractivity contribution in [2.24, 2.45) is 0 Å². The van der Waals surface area contributed by atoms with Crippen LogP contribution in [-0.2, 0) is 40.5 Å². The SMILES string of the molecule is CCC(COc1cncc(-c2cc3c(cnc4cc(OC)c(OC)cc43)c(N)n2)c1)N(CCS(=O)(=O)O)CCS(=O)(=O)O.COc1cc2ncc3c(N)nc(-c4cncc(OCC(C)N(CCS(=O)(=O)O)CCS(=O)(=O)O)c4)cc3c2cc1OC. The standard InChI is InChI=1S/C27H33N5O9S2.C26H31N5O9S2/c1-4-18(32(5-7-42(33,34)35)6-8-43(36,37)38)16-41-19-9-17(13-29-14-19)23-10-20-21-11-25(39-2)26(40-3)12-24(21)30-15-22(20)27(28)31-23;1-16(31(4-6-41(32,33)34)5-7-42(35,36)37)15-40-18-8-17(12-28-13-18)22-9-19-20-10-24(38-2)25(39-3)11-23(20)29-14-21(19)26(27)30-22/h9-15,18H,4-8,16H2,1-3H3,(H2,28,31)(H,33,34,35)(H,36,37,38);8-14,16H,4-7,15H2,1-3H3,(H2,27,30)(H,32,33,34)(H,35,36,37). The van der Waals surface area contributed by atoms with Crippen molar-refractivity contribution in [3.05, 3.63) is 85.7 Å². The number of hydrogen-bond donors (Lipinski definition) is 6. The topological polar surface area (TPSA) is 409 Å². The maximum atomic E-state index is 11.3. The lowest BCUT2D eigenvalue weighted by Crippen LogP contribution is -2.44. The summed E-state index contributed by atoms with van der Waals surface area (Å²) in [6, 6.07) is 13.4. The normalized spacial score (nSPS) is 13.0. The number of rotatable bonds is 27. The van der Waals surface area contributed by atoms with Gasteiger partial charge in [0.1, 0.15) is 36.3 Å². The highest BCUT2D eigenvalue weighted by atomic mass is 32.2. The Morgan fingerprint density at radius 1 is 0.471 bits per heavy atom. The minimum absolute atomic E-state index is 0.0211. The van der Waals surface area contributed by atoms with Gasteiger partial charge in [0.15, 0.2) is 23.0 Å². The minimum atomic E-state index is -4.30. The van der Waals surface area contributed by atoms with Crippen molar-refractivity contribution < 1.29 is 80.3 Å². The molecule has 0 aliphatic heterocycles. The zero-order chi connectivity index (χ0) is 62.0. The van der Waals surface area contributed by atoms with Crippen LogP contribution >= 0.6 is 0 Å². The molecule has 0 amide bonds. The fourth-order valence-electron chi connectivity index (χ4n) is 9.04. The van der Waals surface area contributed by atoms with Gasteiger partial charge in [0.2, 0.25) is 0 Å². The largest absolute Gasteiger partial charge is 0.493 e. The summed E-state index contributed by atoms with van der Waals surface area (Å²) in [5.41, 5.74) is 16.3. The molecule has 8 aromatic rings. The molecule has 2 unspecified atom stereocenters. The van der Waals surface area contributed by atoms with E-state index in [9.17, 15) is 42.8 Å². The number of methoxy groups -OCH3 is 4. The fraction of sp³-hybridized carbons (Fsp3) is 0.358. The van der Waals surface area contributed by atoms with E-state index in [0.29, 0.717) is 85.2 Å². The second-order valence-electron chi connectivity index (χ2n) is 19.2. The molecular formula is C53H64N10O18S4. The van der Waals surface area contributed by atoms with Crippen molar-refractivity contribution in [3.63, 3.8) is 0 Å². The number of pyridine rings is 6. The molecule has 6 aromatic heterocycles. The van der Waals surface area contributed by atoms with Gasteiger partial charge >= 0.3 is 0 Å². The maximum absolute atomic E-state index is 11.3. The lowest BCUT2D eigenvalue weighted by atomic mass is 10.0. The molecule has 0 spiro atoms. The second kappa shape index (κ2) is 27.6. The van der Waals surface area contributed by atoms with Crippen LogP contribution in [0.5, 0.6) is 34.5 Å². The van der Waals surface area contributed by atoms with Crippen LogP contribution in [0.25, 0.3) is 65.9 Å². The van der Waals surface area contributed by atoms with Crippen LogP contribution in [-0.4, -0.2) is 195 Å². The molecule has 85 heavy (non-hydrogen) atoms. The van der Waals surface area contributed by atoms with Gasteiger partial charge in [0, 0.05) is 108 Å². The highest BCUT2D eigenvalue weighted by Gasteiger charge is 2.24. The molecule has 0 bridgehead atoms. The third kappa shape index (κ3) is 17.7. The van der Waals surface area contributed by atoms with Crippen molar-refractivity contribution in [2.75, 3.05) is 102 Å². The minimum Gasteiger partial charge on any atom is -0.493 e. The van der Waals surface area contributed by atoms with E-state index >= 15 is 0 Å². The molecule has 2 aromatic carbocycles. The van der Waals surface area contributed by atoms with Crippen LogP contribution in [0.4, 0.5) is 11.6 Å². The van der Waals surface area contributed by atoms with E-state index < -0.39 is 75.6 Å². The van der Waals surface area contributed by atoms with Gasteiger partial charge in [-0.15, -0.1) is 0 Å². The number of hydrogen-bond acceptors (Lipinski definition) is 24. The van der Waals surface area contributed by atoms with Crippen molar-refractivity contribution in [1.29, 1.82) is 0 Å². The molecule has 0 fully saturated rings. The number of nitrogens with zero attached hydrogens (tertiary/aromatic N) is 8. The van der Waals surface area contributed by atoms with Crippen molar-refractivity contribution in [2.45, 2.75) is 32.4 Å². The lowest BCUT2D eigenvalue weighted by molar-refractivity contribution is 0.142. The number of ether oxygens (including phenoxy) is 6. The van der Waals surface area contributed by atoms with Crippen LogP contribution in [0.3, 0.4) is 0 Å². The molecule has 28 nitrogen and oxygen atoms in total. The first-order chi connectivity index (χ1) is 40.1. The number of nitrogens with two attached hydrogens (primary N) is 2. The van der Waals surface area contributed by atoms with Crippen LogP contribution in [0.15, 0.2) is 85.7 Å². The van der Waals surface area contributed by atoms with Crippen LogP contribution in [0.1, 0.15) is 20.3 Å². The molecular weight excluding hydrogens is 1190 g/mol. The average Bonchev–Trinajstić information content (AvgIpc) is 3.56. The fourth-order valence-corrected chi connectivity index (χ4v) is 10.9. The van der Waals surface area contributed by atoms with Crippen LogP contribution < -0.4 is 39.9 Å². The quantitative estimate of drug-likeness (QED) is 0.0292. The monoisotopic (exact) mass is 1260 g/mol. The van der Waals surface area contributed by atoms with Gasteiger partial charge in [-0.2, -0.15) is 33.7 Å². The smallest absolute Gasteiger partial charge is 0.266 e. The number of anilines is 2. The Balaban J connectivity index is 0.000000244. The van der Waals surface area contributed by atoms with E-state index in [1.165, 1.54) is 22.2 Å². The summed E-state index contributed by atoms with van der Waals surface area (Å²) < 4.78 is 161. The molecule has 8 rings (SSSR count). The third-order valence-electron chi connectivity index (χ3n) is 13.5. The molecule has 0 radical (unpaired) electrons. The van der Waals surface area contributed by atoms with E-state index in [0.717, 1.165) is 21.5 Å². The molecule has 6 heterocycles. The first-order valence-electron chi connectivity index (χ1n) is 25.8. The number of benzene rings is 2. The van der Waals surface area contributed by atoms with Gasteiger partial charge in [0.05, 0.1) is 86.3 Å². The maximum Gasteiger partial charge on any atom is 0.266 e. The molecule has 0 saturated heterocycles. The van der Waals surface area contributed by atoms with E-state index in [4.69, 9.17) is 49.0 Å². The van der Waals surface area contributed by atoms with Gasteiger partial charge in [-0.05, 0) is 60.5 Å². The summed E-state index contributed by atoms with van der Waals surface area (Å²) in [4.78, 5) is 29.6. The summed E-state index contributed by atoms with van der Waals surface area (Å²) in [5, 5.41) is 4.46. The predicted octanol–water partition coefficient (Wildman–Crippen LogP) is 4.97. The van der Waals surface area contributed by atoms with E-state index in [1.807, 2.05) is 31.2 Å². The van der Waals surface area contributed by atoms with E-state index in [-0.39, 0.29) is 51.0 Å². The predicted molar refractivity (Wildman–Crippen MR) is 319 cm³/mol. The van der Waals surface area contributed by atoms with E-state index in [1.54, 1.807) is 84.4 Å². The Morgan fingerprint density at radius 3 is 1.20 bits per heavy atom. The summed E-state index contributed by atoms with van der Waals surface area (Å²) >= 11 is 0. The molecule has 0 aliphatic rings. The first-order valence-corrected chi connectivity index (χ1v) is 32.2. The van der Waals surface area contributed by atoms with Crippen LogP contribution in [0, 0.1) is 0 Å². The Hall–Kier alpha value is -7.66. The summed E-state index contributed by atoms with van der Waals surface area (Å²) in [7, 11) is -11.0. The van der Waals surface area contributed by atoms with Gasteiger partial charge in [-0.25, -0.2) is 9.97 Å². The number of aromatic nitrogens is 6. The third-order valence-corrected chi connectivity index (χ3v) is 16.3. The van der Waals surface area contributed by atoms with Crippen LogP contribution in [0.2, 0.25) is 0 Å². The molecule has 0 aliphatic carbocycles. The van der Waals surface area contributed by atoms with Gasteiger partial charge < -0.3 is 39.9 Å². The average molecular weight is 1260 g/mol. The number of fused-ring (bicyclic) bond motifs is 6. The van der Waals surface area contributed by atoms with Gasteiger partial charge in [0.25, 0.3) is 40.5 Å². The molecule has 0 saturated carbocycles. The molecule has 8 N–H and O–H groups in total. The molecule has 32 heteroatoms. The Morgan fingerprint density at radius 2 is 0.835 bits per heavy atom. The van der Waals surface area contributed by atoms with E-state index in [2.05, 4.69) is 29.9 Å². The summed E-state index contributed by atoms with van der Waals surface area (Å²) in [6.07, 6.45) is 9.94. The Bertz CT molecular complexity index is 4120. The zero-order valence-corrected chi connectivity index (χ0v) is 50.2. The Kier molecular flexibility index (Phi) is 21.1. The Labute approximate surface area is 490 Å². The zero-order valence-electron chi connectivity index (χ0n) is 46.9. The molecule has 458 valence electrons. The number of nitrogen functional groups attached to an aromatic ring is 2. The van der Waals surface area contributed by atoms with Gasteiger partial charge in [-0.3, -0.25) is 47.9 Å². The first kappa shape index (κ1) is 64.9. The van der Waals surface area contributed by atoms with Crippen molar-refractivity contribution in [3.8, 4) is 57.0 Å². The highest BCUT2D eigenvalue weighted by molar-refractivity contribution is 7.86. The summed E-state index contributed by atoms with van der Waals surface area (Å²) in [6.45, 7) is 2.93. The summed E-state index contributed by atoms with van der Waals surface area (Å²) in [5.74, 6) is 0.985. The van der Waals surface area contributed by atoms with Crippen molar-refractivity contribution in [1.82, 2.24) is 39.7 Å².